The summed E-state index contributed by atoms with van der Waals surface area (Å²) in [7, 11) is 0. The number of rotatable bonds is 2. The van der Waals surface area contributed by atoms with Crippen LogP contribution in [0.2, 0.25) is 0 Å². The van der Waals surface area contributed by atoms with Gasteiger partial charge in [-0.1, -0.05) is 13.0 Å². The fourth-order valence-corrected chi connectivity index (χ4v) is 5.72. The molecule has 0 N–H and O–H groups in total. The van der Waals surface area contributed by atoms with Crippen LogP contribution in [0.25, 0.3) is 0 Å². The van der Waals surface area contributed by atoms with Crippen LogP contribution in [0, 0.1) is 17.3 Å². The third kappa shape index (κ3) is 3.07. The molecular formula is C23H26O5. The largest absolute Gasteiger partial charge is 0.434 e. The smallest absolute Gasteiger partial charge is 0.308 e. The van der Waals surface area contributed by atoms with Gasteiger partial charge >= 0.3 is 11.9 Å². The van der Waals surface area contributed by atoms with Gasteiger partial charge in [-0.15, -0.1) is 0 Å². The molecule has 0 aliphatic heterocycles. The highest BCUT2D eigenvalue weighted by atomic mass is 16.5. The summed E-state index contributed by atoms with van der Waals surface area (Å²) in [6, 6.07) is 5.97. The zero-order chi connectivity index (χ0) is 20.1. The molecule has 4 rings (SSSR count). The third-order valence-corrected chi connectivity index (χ3v) is 6.97. The molecule has 0 radical (unpaired) electrons. The molecule has 0 bridgehead atoms. The van der Waals surface area contributed by atoms with Crippen LogP contribution in [-0.4, -0.2) is 17.7 Å². The minimum Gasteiger partial charge on any atom is -0.434 e. The lowest BCUT2D eigenvalue weighted by Gasteiger charge is -2.48. The van der Waals surface area contributed by atoms with Crippen molar-refractivity contribution in [2.75, 3.05) is 0 Å². The SMILES string of the molecule is CC(=O)O/C=C1/CC2C3CCc4cc(OC(C)=O)ccc4C3CC[C@]2(C)C1=O. The summed E-state index contributed by atoms with van der Waals surface area (Å²) in [5, 5.41) is 0. The number of carbonyl (C=O) groups is 3. The quantitative estimate of drug-likeness (QED) is 0.333. The lowest BCUT2D eigenvalue weighted by molar-refractivity contribution is -0.135. The van der Waals surface area contributed by atoms with E-state index in [1.54, 1.807) is 0 Å². The number of hydrogen-bond donors (Lipinski definition) is 0. The molecular weight excluding hydrogens is 356 g/mol. The van der Waals surface area contributed by atoms with Gasteiger partial charge in [-0.2, -0.15) is 0 Å². The zero-order valence-corrected chi connectivity index (χ0v) is 16.6. The summed E-state index contributed by atoms with van der Waals surface area (Å²) in [5.74, 6) is 1.20. The molecule has 1 aromatic rings. The van der Waals surface area contributed by atoms with Crippen LogP contribution in [0.3, 0.4) is 0 Å². The molecule has 3 unspecified atom stereocenters. The number of aryl methyl sites for hydroxylation is 1. The second-order valence-electron chi connectivity index (χ2n) is 8.61. The molecule has 0 amide bonds. The molecule has 0 aromatic heterocycles. The van der Waals surface area contributed by atoms with Crippen LogP contribution in [0.5, 0.6) is 5.75 Å². The van der Waals surface area contributed by atoms with Crippen LogP contribution in [-0.2, 0) is 25.5 Å². The number of fused-ring (bicyclic) bond motifs is 5. The van der Waals surface area contributed by atoms with Crippen molar-refractivity contribution in [3.05, 3.63) is 41.2 Å². The first-order valence-corrected chi connectivity index (χ1v) is 10.0. The van der Waals surface area contributed by atoms with Crippen molar-refractivity contribution in [3.8, 4) is 5.75 Å². The predicted octanol–water partition coefficient (Wildman–Crippen LogP) is 4.09. The van der Waals surface area contributed by atoms with Gasteiger partial charge in [-0.25, -0.2) is 0 Å². The van der Waals surface area contributed by atoms with Gasteiger partial charge in [0.25, 0.3) is 0 Å². The number of carbonyl (C=O) groups excluding carboxylic acids is 3. The lowest BCUT2D eigenvalue weighted by Crippen LogP contribution is -2.42. The van der Waals surface area contributed by atoms with Crippen molar-refractivity contribution in [1.82, 2.24) is 0 Å². The topological polar surface area (TPSA) is 69.7 Å². The van der Waals surface area contributed by atoms with Crippen LogP contribution in [0.4, 0.5) is 0 Å². The Balaban J connectivity index is 1.61. The summed E-state index contributed by atoms with van der Waals surface area (Å²) >= 11 is 0. The van der Waals surface area contributed by atoms with Crippen molar-refractivity contribution < 1.29 is 23.9 Å². The first kappa shape index (κ1) is 18.9. The Bertz CT molecular complexity index is 883. The van der Waals surface area contributed by atoms with Crippen LogP contribution >= 0.6 is 0 Å². The van der Waals surface area contributed by atoms with Gasteiger partial charge in [0.1, 0.15) is 12.0 Å². The second-order valence-corrected chi connectivity index (χ2v) is 8.61. The summed E-state index contributed by atoms with van der Waals surface area (Å²) in [6.07, 6.45) is 5.84. The summed E-state index contributed by atoms with van der Waals surface area (Å²) in [4.78, 5) is 35.4. The highest BCUT2D eigenvalue weighted by molar-refractivity contribution is 6.02. The predicted molar refractivity (Wildman–Crippen MR) is 103 cm³/mol. The monoisotopic (exact) mass is 382 g/mol. The molecule has 5 nitrogen and oxygen atoms in total. The van der Waals surface area contributed by atoms with E-state index < -0.39 is 5.97 Å². The fraction of sp³-hybridized carbons (Fsp3) is 0.522. The van der Waals surface area contributed by atoms with E-state index in [-0.39, 0.29) is 23.1 Å². The first-order valence-electron chi connectivity index (χ1n) is 10.0. The maximum absolute atomic E-state index is 13.0. The summed E-state index contributed by atoms with van der Waals surface area (Å²) < 4.78 is 10.3. The zero-order valence-electron chi connectivity index (χ0n) is 16.6. The van der Waals surface area contributed by atoms with Gasteiger partial charge in [0.15, 0.2) is 5.78 Å². The van der Waals surface area contributed by atoms with Crippen molar-refractivity contribution >= 4 is 17.7 Å². The van der Waals surface area contributed by atoms with Crippen molar-refractivity contribution in [2.45, 2.75) is 58.8 Å². The van der Waals surface area contributed by atoms with E-state index in [1.807, 2.05) is 12.1 Å². The fourth-order valence-electron chi connectivity index (χ4n) is 5.72. The van der Waals surface area contributed by atoms with Crippen molar-refractivity contribution in [2.24, 2.45) is 17.3 Å². The average molecular weight is 382 g/mol. The number of ketones is 1. The number of Topliss-reactive ketones (excluding diaryl/α,β-unsaturated/α-hetero) is 1. The number of hydrogen-bond acceptors (Lipinski definition) is 5. The van der Waals surface area contributed by atoms with Gasteiger partial charge in [0, 0.05) is 24.8 Å². The summed E-state index contributed by atoms with van der Waals surface area (Å²) in [6.45, 7) is 4.85. The van der Waals surface area contributed by atoms with Gasteiger partial charge in [0.05, 0.1) is 0 Å². The van der Waals surface area contributed by atoms with Gasteiger partial charge in [0.2, 0.25) is 0 Å². The molecule has 5 heteroatoms. The number of benzene rings is 1. The Morgan fingerprint density at radius 1 is 1.18 bits per heavy atom. The molecule has 3 aliphatic carbocycles. The van der Waals surface area contributed by atoms with E-state index in [0.717, 1.165) is 25.7 Å². The highest BCUT2D eigenvalue weighted by Gasteiger charge is 2.56. The van der Waals surface area contributed by atoms with Gasteiger partial charge in [-0.3, -0.25) is 14.4 Å². The van der Waals surface area contributed by atoms with Gasteiger partial charge < -0.3 is 9.47 Å². The Morgan fingerprint density at radius 2 is 1.96 bits per heavy atom. The highest BCUT2D eigenvalue weighted by Crippen LogP contribution is 2.60. The Morgan fingerprint density at radius 3 is 2.68 bits per heavy atom. The standard InChI is InChI=1S/C23H26O5/c1-13(24)27-12-16-11-21-20-6-4-15-10-17(28-14(2)25)5-7-18(15)19(20)8-9-23(21,3)22(16)26/h5,7,10,12,19-21H,4,6,8-9,11H2,1-3H3/b16-12-/t19?,20?,21?,23-/m0/s1. The Kier molecular flexibility index (Phi) is 4.64. The molecule has 148 valence electrons. The molecule has 2 fully saturated rings. The van der Waals surface area contributed by atoms with Gasteiger partial charge in [-0.05, 0) is 73.1 Å². The molecule has 1 aromatic carbocycles. The number of allylic oxidation sites excluding steroid dienone is 1. The lowest BCUT2D eigenvalue weighted by atomic mass is 9.55. The third-order valence-electron chi connectivity index (χ3n) is 6.97. The molecule has 2 saturated carbocycles. The number of esters is 2. The minimum atomic E-state index is -0.395. The van der Waals surface area contributed by atoms with Crippen LogP contribution < -0.4 is 4.74 Å². The van der Waals surface area contributed by atoms with Crippen LogP contribution in [0.1, 0.15) is 63.5 Å². The molecule has 0 saturated heterocycles. The Hall–Kier alpha value is -2.43. The normalized spacial score (nSPS) is 32.3. The molecule has 3 aliphatic rings. The average Bonchev–Trinajstić information content (AvgIpc) is 2.90. The van der Waals surface area contributed by atoms with E-state index >= 15 is 0 Å². The number of ether oxygens (including phenoxy) is 2. The maximum atomic E-state index is 13.0. The van der Waals surface area contributed by atoms with Crippen molar-refractivity contribution in [1.29, 1.82) is 0 Å². The van der Waals surface area contributed by atoms with E-state index in [9.17, 15) is 14.4 Å². The molecule has 4 atom stereocenters. The molecule has 28 heavy (non-hydrogen) atoms. The second kappa shape index (κ2) is 6.87. The van der Waals surface area contributed by atoms with E-state index in [4.69, 9.17) is 9.47 Å². The van der Waals surface area contributed by atoms with E-state index in [2.05, 4.69) is 13.0 Å². The van der Waals surface area contributed by atoms with E-state index in [0.29, 0.717) is 29.6 Å². The van der Waals surface area contributed by atoms with Crippen molar-refractivity contribution in [3.63, 3.8) is 0 Å². The maximum Gasteiger partial charge on any atom is 0.308 e. The van der Waals surface area contributed by atoms with Crippen LogP contribution in [0.15, 0.2) is 30.0 Å². The van der Waals surface area contributed by atoms with E-state index in [1.165, 1.54) is 31.2 Å². The first-order chi connectivity index (χ1) is 13.3. The molecule has 0 spiro atoms. The Labute approximate surface area is 165 Å². The minimum absolute atomic E-state index is 0.146. The molecule has 0 heterocycles. The summed E-state index contributed by atoms with van der Waals surface area (Å²) in [5.41, 5.74) is 2.88.